The molecular weight excluding hydrogens is 679 g/mol. The lowest BCUT2D eigenvalue weighted by Gasteiger charge is -2.23. The average Bonchev–Trinajstić information content (AvgIpc) is 3.19. The van der Waals surface area contributed by atoms with Crippen LogP contribution in [0.25, 0.3) is 0 Å². The Balaban J connectivity index is 3.54. The van der Waals surface area contributed by atoms with Crippen LogP contribution in [0.15, 0.2) is 12.2 Å². The van der Waals surface area contributed by atoms with Gasteiger partial charge in [0, 0.05) is 0 Å². The molecule has 0 aliphatic heterocycles. The van der Waals surface area contributed by atoms with E-state index in [-0.39, 0.29) is 6.61 Å². The third kappa shape index (κ3) is 41.1. The number of carbonyl (C=O) groups is 1. The van der Waals surface area contributed by atoms with Gasteiger partial charge in [0.15, 0.2) is 0 Å². The fourth-order valence-electron chi connectivity index (χ4n) is 7.95. The highest BCUT2D eigenvalue weighted by Crippen LogP contribution is 2.17. The second-order valence-electron chi connectivity index (χ2n) is 17.4. The van der Waals surface area contributed by atoms with E-state index in [0.29, 0.717) is 12.8 Å². The third-order valence-electron chi connectivity index (χ3n) is 11.9. The lowest BCUT2D eigenvalue weighted by atomic mass is 10.0. The first-order valence-corrected chi connectivity index (χ1v) is 25.0. The topological polar surface area (TPSA) is 89.8 Å². The van der Waals surface area contributed by atoms with E-state index in [1.54, 1.807) is 0 Å². The van der Waals surface area contributed by atoms with Crippen LogP contribution in [0.2, 0.25) is 0 Å². The Kier molecular flexibility index (Phi) is 45.0. The molecule has 3 unspecified atom stereocenters. The van der Waals surface area contributed by atoms with Crippen LogP contribution in [0.5, 0.6) is 0 Å². The van der Waals surface area contributed by atoms with Gasteiger partial charge in [0.25, 0.3) is 0 Å². The zero-order valence-electron chi connectivity index (χ0n) is 37.3. The minimum atomic E-state index is -1.07. The van der Waals surface area contributed by atoms with Crippen LogP contribution in [0.4, 0.5) is 0 Å². The Labute approximate surface area is 344 Å². The number of allylic oxidation sites excluding steroid dienone is 2. The molecule has 0 rings (SSSR count). The monoisotopic (exact) mass is 778 g/mol. The maximum Gasteiger partial charge on any atom is 0.249 e. The van der Waals surface area contributed by atoms with Crippen molar-refractivity contribution in [2.45, 2.75) is 295 Å². The number of rotatable bonds is 46. The Hall–Kier alpha value is -0.910. The largest absolute Gasteiger partial charge is 0.394 e. The number of carbonyl (C=O) groups excluding carboxylic acids is 1. The van der Waals surface area contributed by atoms with E-state index < -0.39 is 24.2 Å². The summed E-state index contributed by atoms with van der Waals surface area (Å²) in [5, 5.41) is 33.4. The summed E-state index contributed by atoms with van der Waals surface area (Å²) in [7, 11) is 0. The number of aliphatic hydroxyl groups is 3. The molecule has 1 amide bonds. The molecule has 0 saturated carbocycles. The minimum absolute atomic E-state index is 0.311. The van der Waals surface area contributed by atoms with Crippen molar-refractivity contribution in [3.8, 4) is 0 Å². The Morgan fingerprint density at radius 3 is 1.00 bits per heavy atom. The third-order valence-corrected chi connectivity index (χ3v) is 11.9. The summed E-state index contributed by atoms with van der Waals surface area (Å²) in [6.07, 6.45) is 55.2. The first-order valence-electron chi connectivity index (χ1n) is 25.0. The molecule has 0 aromatic rings. The van der Waals surface area contributed by atoms with Crippen LogP contribution in [0.1, 0.15) is 277 Å². The molecule has 0 bridgehead atoms. The predicted molar refractivity (Wildman–Crippen MR) is 241 cm³/mol. The van der Waals surface area contributed by atoms with Crippen molar-refractivity contribution in [1.82, 2.24) is 5.32 Å². The average molecular weight is 778 g/mol. The number of unbranched alkanes of at least 4 members (excludes halogenated alkanes) is 36. The second kappa shape index (κ2) is 45.8. The summed E-state index contributed by atoms with van der Waals surface area (Å²) in [4.78, 5) is 12.5. The molecule has 0 saturated heterocycles. The van der Waals surface area contributed by atoms with Crippen LogP contribution in [-0.4, -0.2) is 46.1 Å². The van der Waals surface area contributed by atoms with E-state index in [1.807, 2.05) is 0 Å². The molecule has 0 heterocycles. The van der Waals surface area contributed by atoms with Gasteiger partial charge >= 0.3 is 0 Å². The molecule has 55 heavy (non-hydrogen) atoms. The normalized spacial score (nSPS) is 13.5. The molecule has 0 radical (unpaired) electrons. The summed E-state index contributed by atoms with van der Waals surface area (Å²) in [6.45, 7) is 4.25. The van der Waals surface area contributed by atoms with E-state index in [9.17, 15) is 20.1 Å². The highest BCUT2D eigenvalue weighted by Gasteiger charge is 2.23. The van der Waals surface area contributed by atoms with Crippen LogP contribution in [0.3, 0.4) is 0 Å². The van der Waals surface area contributed by atoms with Gasteiger partial charge in [-0.2, -0.15) is 0 Å². The van der Waals surface area contributed by atoms with Crippen LogP contribution in [-0.2, 0) is 4.79 Å². The molecule has 5 heteroatoms. The quantitative estimate of drug-likeness (QED) is 0.0366. The lowest BCUT2D eigenvalue weighted by molar-refractivity contribution is -0.131. The molecule has 3 atom stereocenters. The number of nitrogens with one attached hydrogen (secondary N) is 1. The van der Waals surface area contributed by atoms with E-state index in [4.69, 9.17) is 0 Å². The molecule has 0 aliphatic carbocycles. The van der Waals surface area contributed by atoms with Crippen molar-refractivity contribution < 1.29 is 20.1 Å². The predicted octanol–water partition coefficient (Wildman–Crippen LogP) is 14.8. The van der Waals surface area contributed by atoms with E-state index >= 15 is 0 Å². The Morgan fingerprint density at radius 1 is 0.418 bits per heavy atom. The van der Waals surface area contributed by atoms with Crippen molar-refractivity contribution in [1.29, 1.82) is 0 Å². The van der Waals surface area contributed by atoms with Crippen molar-refractivity contribution in [2.24, 2.45) is 0 Å². The van der Waals surface area contributed by atoms with Crippen LogP contribution >= 0.6 is 0 Å². The zero-order chi connectivity index (χ0) is 40.1. The molecule has 5 nitrogen and oxygen atoms in total. The highest BCUT2D eigenvalue weighted by molar-refractivity contribution is 5.80. The standard InChI is InChI=1S/C50H99NO4/c1-3-5-7-9-11-13-15-17-19-20-21-22-23-24-25-26-27-28-29-31-33-35-37-39-41-43-45-49(54)50(55)51-47(46-52)48(53)44-42-40-38-36-34-32-30-18-16-14-12-10-8-6-4-2/h24-25,47-49,52-54H,3-23,26-46H2,1-2H3,(H,51,55)/b25-24-. The number of hydrogen-bond acceptors (Lipinski definition) is 4. The Bertz CT molecular complexity index is 773. The van der Waals surface area contributed by atoms with E-state index in [2.05, 4.69) is 31.3 Å². The molecule has 0 spiro atoms. The number of amides is 1. The zero-order valence-corrected chi connectivity index (χ0v) is 37.3. The smallest absolute Gasteiger partial charge is 0.249 e. The molecule has 0 fully saturated rings. The number of hydrogen-bond donors (Lipinski definition) is 4. The van der Waals surface area contributed by atoms with E-state index in [0.717, 1.165) is 32.1 Å². The fourth-order valence-corrected chi connectivity index (χ4v) is 7.95. The summed E-state index contributed by atoms with van der Waals surface area (Å²) in [6, 6.07) is -0.709. The molecule has 0 aliphatic rings. The Morgan fingerprint density at radius 2 is 0.691 bits per heavy atom. The molecular formula is C50H99NO4. The maximum atomic E-state index is 12.5. The van der Waals surface area contributed by atoms with Gasteiger partial charge in [0.05, 0.1) is 18.8 Å². The highest BCUT2D eigenvalue weighted by atomic mass is 16.3. The van der Waals surface area contributed by atoms with Crippen LogP contribution in [0, 0.1) is 0 Å². The van der Waals surface area contributed by atoms with Gasteiger partial charge in [-0.1, -0.05) is 251 Å². The summed E-state index contributed by atoms with van der Waals surface area (Å²) < 4.78 is 0. The van der Waals surface area contributed by atoms with Crippen molar-refractivity contribution in [2.75, 3.05) is 6.61 Å². The molecule has 4 N–H and O–H groups in total. The summed E-state index contributed by atoms with van der Waals surface area (Å²) >= 11 is 0. The summed E-state index contributed by atoms with van der Waals surface area (Å²) in [5.41, 5.74) is 0. The van der Waals surface area contributed by atoms with Crippen molar-refractivity contribution in [3.63, 3.8) is 0 Å². The van der Waals surface area contributed by atoms with E-state index in [1.165, 1.54) is 218 Å². The number of aliphatic hydroxyl groups excluding tert-OH is 3. The van der Waals surface area contributed by atoms with Gasteiger partial charge in [-0.15, -0.1) is 0 Å². The lowest BCUT2D eigenvalue weighted by Crippen LogP contribution is -2.49. The first kappa shape index (κ1) is 54.1. The van der Waals surface area contributed by atoms with Gasteiger partial charge in [0.2, 0.25) is 5.91 Å². The van der Waals surface area contributed by atoms with Gasteiger partial charge in [-0.25, -0.2) is 0 Å². The molecule has 0 aromatic heterocycles. The maximum absolute atomic E-state index is 12.5. The first-order chi connectivity index (χ1) is 27.1. The van der Waals surface area contributed by atoms with Gasteiger partial charge in [-0.3, -0.25) is 4.79 Å². The van der Waals surface area contributed by atoms with Crippen molar-refractivity contribution >= 4 is 5.91 Å². The summed E-state index contributed by atoms with van der Waals surface area (Å²) in [5.74, 6) is -0.468. The van der Waals surface area contributed by atoms with Crippen molar-refractivity contribution in [3.05, 3.63) is 12.2 Å². The SMILES string of the molecule is CCCCCCCCCCCCCC/C=C\CCCCCCCCCCCCC(O)C(=O)NC(CO)C(O)CCCCCCCCCCCCCCCCC. The fraction of sp³-hybridized carbons (Fsp3) is 0.940. The van der Waals surface area contributed by atoms with Crippen LogP contribution < -0.4 is 5.32 Å². The van der Waals surface area contributed by atoms with Gasteiger partial charge in [0.1, 0.15) is 6.10 Å². The second-order valence-corrected chi connectivity index (χ2v) is 17.4. The van der Waals surface area contributed by atoms with Gasteiger partial charge in [-0.05, 0) is 38.5 Å². The molecule has 0 aromatic carbocycles. The van der Waals surface area contributed by atoms with Gasteiger partial charge < -0.3 is 20.6 Å². The minimum Gasteiger partial charge on any atom is -0.394 e. The molecule has 328 valence electrons.